The Morgan fingerprint density at radius 1 is 1.15 bits per heavy atom. The standard InChI is InChI=1S/C21H21N3O2/c1-15-6-5-9-17(12-15)20-22-21(26-23-20)18-13-19(25)24(14-18)11-10-16-7-3-2-4-8-16/h2-9,12,18H,10-11,13-14H2,1H3. The Bertz CT molecular complexity index is 904. The molecule has 1 fully saturated rings. The number of aryl methyl sites for hydroxylation is 1. The van der Waals surface area contributed by atoms with E-state index in [-0.39, 0.29) is 11.8 Å². The molecule has 1 amide bonds. The highest BCUT2D eigenvalue weighted by Gasteiger charge is 2.34. The van der Waals surface area contributed by atoms with Crippen LogP contribution in [0.2, 0.25) is 0 Å². The minimum atomic E-state index is -0.0238. The Labute approximate surface area is 152 Å². The minimum absolute atomic E-state index is 0.0238. The van der Waals surface area contributed by atoms with Gasteiger partial charge in [0.1, 0.15) is 0 Å². The molecule has 26 heavy (non-hydrogen) atoms. The van der Waals surface area contributed by atoms with E-state index in [4.69, 9.17) is 4.52 Å². The highest BCUT2D eigenvalue weighted by molar-refractivity contribution is 5.79. The monoisotopic (exact) mass is 347 g/mol. The van der Waals surface area contributed by atoms with Gasteiger partial charge in [-0.1, -0.05) is 59.3 Å². The van der Waals surface area contributed by atoms with Gasteiger partial charge in [0.15, 0.2) is 0 Å². The lowest BCUT2D eigenvalue weighted by Gasteiger charge is -2.15. The highest BCUT2D eigenvalue weighted by Crippen LogP contribution is 2.29. The summed E-state index contributed by atoms with van der Waals surface area (Å²) >= 11 is 0. The van der Waals surface area contributed by atoms with Gasteiger partial charge in [-0.2, -0.15) is 4.98 Å². The van der Waals surface area contributed by atoms with Crippen LogP contribution in [0.3, 0.4) is 0 Å². The van der Waals surface area contributed by atoms with Crippen molar-refractivity contribution in [3.63, 3.8) is 0 Å². The van der Waals surface area contributed by atoms with E-state index in [1.165, 1.54) is 5.56 Å². The van der Waals surface area contributed by atoms with Gasteiger partial charge in [-0.15, -0.1) is 0 Å². The van der Waals surface area contributed by atoms with Crippen LogP contribution in [0.1, 0.15) is 29.4 Å². The molecule has 5 nitrogen and oxygen atoms in total. The molecule has 132 valence electrons. The number of hydrogen-bond acceptors (Lipinski definition) is 4. The van der Waals surface area contributed by atoms with E-state index in [1.807, 2.05) is 54.3 Å². The lowest BCUT2D eigenvalue weighted by Crippen LogP contribution is -2.27. The van der Waals surface area contributed by atoms with Gasteiger partial charge in [-0.05, 0) is 25.0 Å². The zero-order chi connectivity index (χ0) is 17.9. The summed E-state index contributed by atoms with van der Waals surface area (Å²) in [6.07, 6.45) is 1.29. The molecule has 1 aliphatic heterocycles. The smallest absolute Gasteiger partial charge is 0.232 e. The van der Waals surface area contributed by atoms with Crippen molar-refractivity contribution in [2.45, 2.75) is 25.7 Å². The van der Waals surface area contributed by atoms with Crippen LogP contribution < -0.4 is 0 Å². The molecule has 0 N–H and O–H groups in total. The Kier molecular flexibility index (Phi) is 4.52. The average molecular weight is 347 g/mol. The summed E-state index contributed by atoms with van der Waals surface area (Å²) in [5.41, 5.74) is 3.32. The fourth-order valence-corrected chi connectivity index (χ4v) is 3.36. The predicted molar refractivity (Wildman–Crippen MR) is 98.6 cm³/mol. The molecular formula is C21H21N3O2. The van der Waals surface area contributed by atoms with E-state index in [1.54, 1.807) is 0 Å². The van der Waals surface area contributed by atoms with Crippen LogP contribution >= 0.6 is 0 Å². The number of aromatic nitrogens is 2. The van der Waals surface area contributed by atoms with Crippen molar-refractivity contribution < 1.29 is 9.32 Å². The third-order valence-corrected chi connectivity index (χ3v) is 4.79. The number of nitrogens with zero attached hydrogens (tertiary/aromatic N) is 3. The molecule has 2 aromatic carbocycles. The quantitative estimate of drug-likeness (QED) is 0.707. The molecule has 0 radical (unpaired) electrons. The van der Waals surface area contributed by atoms with Crippen molar-refractivity contribution in [1.29, 1.82) is 0 Å². The second-order valence-electron chi connectivity index (χ2n) is 6.80. The van der Waals surface area contributed by atoms with Crippen molar-refractivity contribution >= 4 is 5.91 Å². The molecule has 2 heterocycles. The summed E-state index contributed by atoms with van der Waals surface area (Å²) in [7, 11) is 0. The van der Waals surface area contributed by atoms with Crippen LogP contribution in [0.25, 0.3) is 11.4 Å². The van der Waals surface area contributed by atoms with Gasteiger partial charge in [0.25, 0.3) is 0 Å². The molecule has 4 rings (SSSR count). The maximum Gasteiger partial charge on any atom is 0.232 e. The Hall–Kier alpha value is -2.95. The second kappa shape index (κ2) is 7.12. The molecule has 0 aliphatic carbocycles. The molecule has 0 spiro atoms. The van der Waals surface area contributed by atoms with Crippen LogP contribution in [-0.2, 0) is 11.2 Å². The van der Waals surface area contributed by atoms with E-state index >= 15 is 0 Å². The van der Waals surface area contributed by atoms with Crippen molar-refractivity contribution in [2.24, 2.45) is 0 Å². The van der Waals surface area contributed by atoms with Crippen LogP contribution in [0.15, 0.2) is 59.1 Å². The van der Waals surface area contributed by atoms with E-state index < -0.39 is 0 Å². The third kappa shape index (κ3) is 3.52. The molecule has 0 bridgehead atoms. The molecule has 1 aliphatic rings. The zero-order valence-electron chi connectivity index (χ0n) is 14.8. The summed E-state index contributed by atoms with van der Waals surface area (Å²) in [5, 5.41) is 4.10. The number of likely N-dealkylation sites (tertiary alicyclic amines) is 1. The molecule has 0 saturated carbocycles. The minimum Gasteiger partial charge on any atom is -0.342 e. The average Bonchev–Trinajstić information content (AvgIpc) is 3.28. The van der Waals surface area contributed by atoms with E-state index in [0.29, 0.717) is 24.7 Å². The maximum atomic E-state index is 12.3. The Morgan fingerprint density at radius 3 is 2.81 bits per heavy atom. The lowest BCUT2D eigenvalue weighted by atomic mass is 10.1. The summed E-state index contributed by atoms with van der Waals surface area (Å²) in [5.74, 6) is 1.27. The second-order valence-corrected chi connectivity index (χ2v) is 6.80. The zero-order valence-corrected chi connectivity index (χ0v) is 14.8. The number of carbonyl (C=O) groups excluding carboxylic acids is 1. The summed E-state index contributed by atoms with van der Waals surface area (Å²) in [4.78, 5) is 18.8. The van der Waals surface area contributed by atoms with Gasteiger partial charge in [-0.3, -0.25) is 4.79 Å². The molecule has 5 heteroatoms. The summed E-state index contributed by atoms with van der Waals surface area (Å²) < 4.78 is 5.46. The normalized spacial score (nSPS) is 17.0. The van der Waals surface area contributed by atoms with Crippen molar-refractivity contribution in [3.8, 4) is 11.4 Å². The first-order chi connectivity index (χ1) is 12.7. The SMILES string of the molecule is Cc1cccc(-c2noc(C3CC(=O)N(CCc4ccccc4)C3)n2)c1. The molecule has 3 aromatic rings. The van der Waals surface area contributed by atoms with Crippen LogP contribution in [0.4, 0.5) is 0 Å². The fraction of sp³-hybridized carbons (Fsp3) is 0.286. The first kappa shape index (κ1) is 16.5. The fourth-order valence-electron chi connectivity index (χ4n) is 3.36. The van der Waals surface area contributed by atoms with Crippen molar-refractivity contribution in [3.05, 3.63) is 71.6 Å². The Balaban J connectivity index is 1.42. The molecule has 1 saturated heterocycles. The van der Waals surface area contributed by atoms with Crippen molar-refractivity contribution in [1.82, 2.24) is 15.0 Å². The van der Waals surface area contributed by atoms with Crippen LogP contribution in [-0.4, -0.2) is 34.0 Å². The Morgan fingerprint density at radius 2 is 2.00 bits per heavy atom. The predicted octanol–water partition coefficient (Wildman–Crippen LogP) is 3.60. The van der Waals surface area contributed by atoms with Gasteiger partial charge < -0.3 is 9.42 Å². The molecule has 1 unspecified atom stereocenters. The summed E-state index contributed by atoms with van der Waals surface area (Å²) in [6, 6.07) is 18.2. The van der Waals surface area contributed by atoms with Gasteiger partial charge in [0, 0.05) is 25.1 Å². The third-order valence-electron chi connectivity index (χ3n) is 4.79. The number of amides is 1. The van der Waals surface area contributed by atoms with Crippen molar-refractivity contribution in [2.75, 3.05) is 13.1 Å². The van der Waals surface area contributed by atoms with E-state index in [0.717, 1.165) is 24.1 Å². The number of hydrogen-bond donors (Lipinski definition) is 0. The maximum absolute atomic E-state index is 12.3. The largest absolute Gasteiger partial charge is 0.342 e. The van der Waals surface area contributed by atoms with Gasteiger partial charge in [-0.25, -0.2) is 0 Å². The lowest BCUT2D eigenvalue weighted by molar-refractivity contribution is -0.127. The molecular weight excluding hydrogens is 326 g/mol. The van der Waals surface area contributed by atoms with Gasteiger partial charge in [0.2, 0.25) is 17.6 Å². The number of carbonyl (C=O) groups is 1. The number of benzene rings is 2. The van der Waals surface area contributed by atoms with Gasteiger partial charge in [0.05, 0.1) is 5.92 Å². The molecule has 1 atom stereocenters. The highest BCUT2D eigenvalue weighted by atomic mass is 16.5. The molecule has 1 aromatic heterocycles. The van der Waals surface area contributed by atoms with E-state index in [9.17, 15) is 4.79 Å². The first-order valence-electron chi connectivity index (χ1n) is 8.91. The van der Waals surface area contributed by atoms with Gasteiger partial charge >= 0.3 is 0 Å². The first-order valence-corrected chi connectivity index (χ1v) is 8.91. The van der Waals surface area contributed by atoms with E-state index in [2.05, 4.69) is 22.3 Å². The number of rotatable bonds is 5. The topological polar surface area (TPSA) is 59.2 Å². The van der Waals surface area contributed by atoms with Crippen LogP contribution in [0.5, 0.6) is 0 Å². The summed E-state index contributed by atoms with van der Waals surface area (Å²) in [6.45, 7) is 3.39. The van der Waals surface area contributed by atoms with Crippen LogP contribution in [0, 0.1) is 6.92 Å².